The molecule has 112 valence electrons. The molecule has 3 nitrogen and oxygen atoms in total. The molecule has 2 unspecified atom stereocenters. The molecule has 0 aromatic heterocycles. The third-order valence-electron chi connectivity index (χ3n) is 3.78. The molecule has 4 heteroatoms. The van der Waals surface area contributed by atoms with Crippen LogP contribution in [0.2, 0.25) is 0 Å². The van der Waals surface area contributed by atoms with Gasteiger partial charge in [0, 0.05) is 23.4 Å². The maximum absolute atomic E-state index is 8.95. The van der Waals surface area contributed by atoms with Crippen molar-refractivity contribution in [2.24, 2.45) is 0 Å². The fourth-order valence-electron chi connectivity index (χ4n) is 2.67. The summed E-state index contributed by atoms with van der Waals surface area (Å²) >= 11 is 3.46. The van der Waals surface area contributed by atoms with Gasteiger partial charge in [0.2, 0.25) is 0 Å². The third-order valence-corrected chi connectivity index (χ3v) is 4.31. The predicted molar refractivity (Wildman–Crippen MR) is 86.1 cm³/mol. The number of aliphatic hydroxyl groups excluding tert-OH is 1. The smallest absolute Gasteiger partial charge is 0.0776 e. The van der Waals surface area contributed by atoms with Gasteiger partial charge in [-0.15, -0.1) is 0 Å². The number of halogens is 1. The molecule has 1 aliphatic heterocycles. The fourth-order valence-corrected chi connectivity index (χ4v) is 2.93. The molecule has 1 aromatic rings. The second kappa shape index (κ2) is 8.65. The van der Waals surface area contributed by atoms with Crippen LogP contribution in [-0.4, -0.2) is 30.5 Å². The first-order valence-electron chi connectivity index (χ1n) is 7.54. The van der Waals surface area contributed by atoms with Crippen molar-refractivity contribution in [3.63, 3.8) is 0 Å². The number of anilines is 1. The van der Waals surface area contributed by atoms with Crippen LogP contribution in [0.5, 0.6) is 0 Å². The van der Waals surface area contributed by atoms with Gasteiger partial charge >= 0.3 is 0 Å². The SMILES string of the molecule is OCCCCC(Nc1ccc(Br)cc1)C1CCCCO1. The molecule has 0 bridgehead atoms. The number of rotatable bonds is 7. The second-order valence-corrected chi connectivity index (χ2v) is 6.30. The summed E-state index contributed by atoms with van der Waals surface area (Å²) in [6, 6.07) is 8.62. The Bertz CT molecular complexity index is 377. The van der Waals surface area contributed by atoms with E-state index in [0.717, 1.165) is 42.5 Å². The molecule has 1 aliphatic rings. The van der Waals surface area contributed by atoms with Crippen LogP contribution in [0.4, 0.5) is 5.69 Å². The maximum Gasteiger partial charge on any atom is 0.0776 e. The van der Waals surface area contributed by atoms with Gasteiger partial charge in [0.1, 0.15) is 0 Å². The van der Waals surface area contributed by atoms with Gasteiger partial charge in [0.05, 0.1) is 12.1 Å². The van der Waals surface area contributed by atoms with Crippen LogP contribution in [0.15, 0.2) is 28.7 Å². The number of unbranched alkanes of at least 4 members (excludes halogenated alkanes) is 1. The molecule has 1 saturated heterocycles. The minimum Gasteiger partial charge on any atom is -0.396 e. The summed E-state index contributed by atoms with van der Waals surface area (Å²) < 4.78 is 7.02. The molecule has 1 aromatic carbocycles. The van der Waals surface area contributed by atoms with Crippen LogP contribution >= 0.6 is 15.9 Å². The van der Waals surface area contributed by atoms with Crippen LogP contribution in [0.25, 0.3) is 0 Å². The zero-order valence-corrected chi connectivity index (χ0v) is 13.4. The van der Waals surface area contributed by atoms with Crippen molar-refractivity contribution in [1.82, 2.24) is 0 Å². The lowest BCUT2D eigenvalue weighted by Crippen LogP contribution is -2.38. The summed E-state index contributed by atoms with van der Waals surface area (Å²) in [6.45, 7) is 1.15. The molecule has 20 heavy (non-hydrogen) atoms. The van der Waals surface area contributed by atoms with Crippen molar-refractivity contribution in [3.05, 3.63) is 28.7 Å². The minimum absolute atomic E-state index is 0.274. The van der Waals surface area contributed by atoms with Crippen molar-refractivity contribution < 1.29 is 9.84 Å². The summed E-state index contributed by atoms with van der Waals surface area (Å²) in [5.41, 5.74) is 1.14. The minimum atomic E-state index is 0.274. The zero-order chi connectivity index (χ0) is 14.2. The Morgan fingerprint density at radius 2 is 2.05 bits per heavy atom. The first-order chi connectivity index (χ1) is 9.79. The number of hydrogen-bond donors (Lipinski definition) is 2. The maximum atomic E-state index is 8.95. The van der Waals surface area contributed by atoms with Crippen molar-refractivity contribution in [2.75, 3.05) is 18.5 Å². The standard InChI is InChI=1S/C16H24BrNO2/c17-13-7-9-14(10-8-13)18-15(5-1-3-11-19)16-6-2-4-12-20-16/h7-10,15-16,18-19H,1-6,11-12H2. The fraction of sp³-hybridized carbons (Fsp3) is 0.625. The molecule has 0 spiro atoms. The highest BCUT2D eigenvalue weighted by atomic mass is 79.9. The molecule has 2 atom stereocenters. The van der Waals surface area contributed by atoms with E-state index in [1.165, 1.54) is 12.8 Å². The summed E-state index contributed by atoms with van der Waals surface area (Å²) in [6.07, 6.45) is 6.80. The molecule has 0 aliphatic carbocycles. The lowest BCUT2D eigenvalue weighted by atomic mass is 9.97. The Kier molecular flexibility index (Phi) is 6.83. The molecular weight excluding hydrogens is 318 g/mol. The number of benzene rings is 1. The van der Waals surface area contributed by atoms with E-state index in [4.69, 9.17) is 9.84 Å². The van der Waals surface area contributed by atoms with Crippen LogP contribution in [0, 0.1) is 0 Å². The normalized spacial score (nSPS) is 20.6. The number of hydrogen-bond acceptors (Lipinski definition) is 3. The number of nitrogens with one attached hydrogen (secondary N) is 1. The molecule has 2 rings (SSSR count). The largest absolute Gasteiger partial charge is 0.396 e. The van der Waals surface area contributed by atoms with Gasteiger partial charge in [0.15, 0.2) is 0 Å². The molecule has 0 saturated carbocycles. The van der Waals surface area contributed by atoms with Gasteiger partial charge in [-0.25, -0.2) is 0 Å². The highest BCUT2D eigenvalue weighted by Gasteiger charge is 2.24. The Morgan fingerprint density at radius 1 is 1.25 bits per heavy atom. The first kappa shape index (κ1) is 15.8. The van der Waals surface area contributed by atoms with Gasteiger partial charge < -0.3 is 15.2 Å². The summed E-state index contributed by atoms with van der Waals surface area (Å²) in [5.74, 6) is 0. The van der Waals surface area contributed by atoms with E-state index < -0.39 is 0 Å². The van der Waals surface area contributed by atoms with Gasteiger partial charge in [-0.3, -0.25) is 0 Å². The Balaban J connectivity index is 1.95. The molecule has 2 N–H and O–H groups in total. The van der Waals surface area contributed by atoms with Gasteiger partial charge in [-0.1, -0.05) is 15.9 Å². The quantitative estimate of drug-likeness (QED) is 0.737. The predicted octanol–water partition coefficient (Wildman–Crippen LogP) is 3.96. The van der Waals surface area contributed by atoms with Crippen LogP contribution in [-0.2, 0) is 4.74 Å². The lowest BCUT2D eigenvalue weighted by Gasteiger charge is -2.32. The van der Waals surface area contributed by atoms with E-state index in [1.807, 2.05) is 0 Å². The van der Waals surface area contributed by atoms with E-state index in [-0.39, 0.29) is 6.61 Å². The Morgan fingerprint density at radius 3 is 2.70 bits per heavy atom. The monoisotopic (exact) mass is 341 g/mol. The number of aliphatic hydroxyl groups is 1. The second-order valence-electron chi connectivity index (χ2n) is 5.38. The summed E-state index contributed by atoms with van der Waals surface area (Å²) in [5, 5.41) is 12.6. The van der Waals surface area contributed by atoms with Crippen LogP contribution in [0.3, 0.4) is 0 Å². The van der Waals surface area contributed by atoms with E-state index in [2.05, 4.69) is 45.5 Å². The molecular formula is C16H24BrNO2. The van der Waals surface area contributed by atoms with E-state index >= 15 is 0 Å². The zero-order valence-electron chi connectivity index (χ0n) is 11.9. The van der Waals surface area contributed by atoms with Crippen LogP contribution in [0.1, 0.15) is 38.5 Å². The van der Waals surface area contributed by atoms with Crippen molar-refractivity contribution in [1.29, 1.82) is 0 Å². The molecule has 0 amide bonds. The summed E-state index contributed by atoms with van der Waals surface area (Å²) in [7, 11) is 0. The van der Waals surface area contributed by atoms with Crippen molar-refractivity contribution in [2.45, 2.75) is 50.7 Å². The van der Waals surface area contributed by atoms with E-state index in [1.54, 1.807) is 0 Å². The Hall–Kier alpha value is -0.580. The van der Waals surface area contributed by atoms with E-state index in [0.29, 0.717) is 12.1 Å². The van der Waals surface area contributed by atoms with Gasteiger partial charge in [-0.05, 0) is 62.8 Å². The number of ether oxygens (including phenoxy) is 1. The Labute approximate surface area is 129 Å². The molecule has 1 heterocycles. The first-order valence-corrected chi connectivity index (χ1v) is 8.33. The lowest BCUT2D eigenvalue weighted by molar-refractivity contribution is 0.00261. The molecule has 0 radical (unpaired) electrons. The van der Waals surface area contributed by atoms with Crippen LogP contribution < -0.4 is 5.32 Å². The van der Waals surface area contributed by atoms with E-state index in [9.17, 15) is 0 Å². The highest BCUT2D eigenvalue weighted by molar-refractivity contribution is 9.10. The van der Waals surface area contributed by atoms with Gasteiger partial charge in [-0.2, -0.15) is 0 Å². The molecule has 1 fully saturated rings. The summed E-state index contributed by atoms with van der Waals surface area (Å²) in [4.78, 5) is 0. The topological polar surface area (TPSA) is 41.5 Å². The highest BCUT2D eigenvalue weighted by Crippen LogP contribution is 2.23. The average molecular weight is 342 g/mol. The van der Waals surface area contributed by atoms with Gasteiger partial charge in [0.25, 0.3) is 0 Å². The third kappa shape index (κ3) is 5.08. The van der Waals surface area contributed by atoms with Crippen molar-refractivity contribution >= 4 is 21.6 Å². The van der Waals surface area contributed by atoms with Crippen molar-refractivity contribution in [3.8, 4) is 0 Å². The average Bonchev–Trinajstić information content (AvgIpc) is 2.49.